The Balaban J connectivity index is 0.00000308. The molecule has 4 rings (SSSR count). The number of fused-ring (bicyclic) bond motifs is 1. The molecule has 3 aromatic carbocycles. The van der Waals surface area contributed by atoms with Crippen LogP contribution in [0.4, 0.5) is 5.69 Å². The molecule has 1 saturated heterocycles. The third kappa shape index (κ3) is 8.82. The minimum Gasteiger partial charge on any atom is -0.424 e. The number of ether oxygens (including phenoxy) is 1. The van der Waals surface area contributed by atoms with Crippen LogP contribution in [0.3, 0.4) is 0 Å². The van der Waals surface area contributed by atoms with E-state index in [1.165, 1.54) is 4.90 Å². The van der Waals surface area contributed by atoms with Gasteiger partial charge in [-0.2, -0.15) is 0 Å². The number of carbonyl (C=O) groups is 3. The minimum absolute atomic E-state index is 0. The molecule has 1 fully saturated rings. The van der Waals surface area contributed by atoms with Gasteiger partial charge in [-0.3, -0.25) is 19.9 Å². The lowest BCUT2D eigenvalue weighted by molar-refractivity contribution is -0.138. The predicted molar refractivity (Wildman–Crippen MR) is 170 cm³/mol. The fraction of sp³-hybridized carbons (Fsp3) is 0.333. The zero-order valence-electron chi connectivity index (χ0n) is 23.4. The quantitative estimate of drug-likeness (QED) is 0.0727. The van der Waals surface area contributed by atoms with Gasteiger partial charge in [0.15, 0.2) is 5.96 Å². The van der Waals surface area contributed by atoms with Crippen LogP contribution in [-0.4, -0.2) is 55.0 Å². The molecule has 6 N–H and O–H groups in total. The van der Waals surface area contributed by atoms with Gasteiger partial charge >= 0.3 is 5.97 Å². The number of halogens is 2. The molecule has 226 valence electrons. The summed E-state index contributed by atoms with van der Waals surface area (Å²) < 4.78 is 5.95. The Morgan fingerprint density at radius 3 is 2.43 bits per heavy atom. The molecule has 1 aliphatic rings. The second kappa shape index (κ2) is 16.5. The van der Waals surface area contributed by atoms with Crippen LogP contribution in [0.5, 0.6) is 5.75 Å². The number of amides is 2. The highest BCUT2D eigenvalue weighted by molar-refractivity contribution is 6.04. The van der Waals surface area contributed by atoms with Crippen LogP contribution in [0.2, 0.25) is 0 Å². The maximum Gasteiger partial charge on any atom is 0.334 e. The van der Waals surface area contributed by atoms with Crippen molar-refractivity contribution in [1.82, 2.24) is 16.0 Å². The Bertz CT molecular complexity index is 1350. The standard InChI is InChI=1S/C30H36N6O4.2ClH/c1-20(35-27(37)24-15-8-18-33-24)28(38)36(22-12-3-2-4-13-22)25(16-9-19-34-30(31)32)29(39)40-26-17-7-11-21-10-5-6-14-23(21)26;;/h2-7,10-14,17,20,24-25,33H,8-9,15-16,18-19H2,1H3,(H,35,37)(H4,31,32,34);2*1H/t20-,24-,25-;;/m0../s1. The summed E-state index contributed by atoms with van der Waals surface area (Å²) in [6, 6.07) is 19.7. The summed E-state index contributed by atoms with van der Waals surface area (Å²) in [5, 5.41) is 17.8. The molecule has 0 aromatic heterocycles. The van der Waals surface area contributed by atoms with Gasteiger partial charge in [0.05, 0.1) is 6.04 Å². The van der Waals surface area contributed by atoms with Gasteiger partial charge in [-0.05, 0) is 62.7 Å². The van der Waals surface area contributed by atoms with E-state index in [0.29, 0.717) is 30.8 Å². The van der Waals surface area contributed by atoms with Crippen molar-refractivity contribution in [2.75, 3.05) is 18.0 Å². The summed E-state index contributed by atoms with van der Waals surface area (Å²) in [5.41, 5.74) is 5.94. The molecular weight excluding hydrogens is 579 g/mol. The SMILES string of the molecule is C[C@H](NC(=O)[C@@H]1CCCN1)C(=O)N(c1ccccc1)[C@@H](CCCNC(=N)N)C(=O)Oc1cccc2ccccc12.Cl.Cl. The number of rotatable bonds is 11. The van der Waals surface area contributed by atoms with Gasteiger partial charge in [0.25, 0.3) is 0 Å². The van der Waals surface area contributed by atoms with E-state index in [4.69, 9.17) is 15.9 Å². The number of esters is 1. The Morgan fingerprint density at radius 2 is 1.74 bits per heavy atom. The average Bonchev–Trinajstić information content (AvgIpc) is 3.50. The Labute approximate surface area is 258 Å². The van der Waals surface area contributed by atoms with E-state index in [1.54, 1.807) is 37.3 Å². The van der Waals surface area contributed by atoms with Crippen molar-refractivity contribution in [2.45, 2.75) is 50.7 Å². The number of hydrogen-bond donors (Lipinski definition) is 5. The maximum atomic E-state index is 14.0. The van der Waals surface area contributed by atoms with Crippen LogP contribution in [0.15, 0.2) is 72.8 Å². The third-order valence-corrected chi connectivity index (χ3v) is 6.89. The van der Waals surface area contributed by atoms with Crippen LogP contribution in [0, 0.1) is 5.41 Å². The number of para-hydroxylation sites is 1. The van der Waals surface area contributed by atoms with Gasteiger partial charge < -0.3 is 26.4 Å². The molecule has 0 bridgehead atoms. The Kier molecular flexibility index (Phi) is 13.5. The van der Waals surface area contributed by atoms with Crippen LogP contribution in [0.25, 0.3) is 10.8 Å². The Hall–Kier alpha value is -3.86. The fourth-order valence-corrected chi connectivity index (χ4v) is 4.87. The summed E-state index contributed by atoms with van der Waals surface area (Å²) in [6.45, 7) is 2.71. The first kappa shape index (κ1) is 34.3. The molecule has 0 radical (unpaired) electrons. The van der Waals surface area contributed by atoms with Crippen molar-refractivity contribution in [2.24, 2.45) is 5.73 Å². The molecule has 0 unspecified atom stereocenters. The van der Waals surface area contributed by atoms with Crippen LogP contribution < -0.4 is 31.3 Å². The molecule has 3 atom stereocenters. The molecule has 2 amide bonds. The van der Waals surface area contributed by atoms with Crippen molar-refractivity contribution in [3.05, 3.63) is 72.8 Å². The van der Waals surface area contributed by atoms with Gasteiger partial charge in [0.2, 0.25) is 11.8 Å². The normalized spacial score (nSPS) is 15.3. The van der Waals surface area contributed by atoms with Gasteiger partial charge in [0, 0.05) is 17.6 Å². The van der Waals surface area contributed by atoms with Crippen LogP contribution in [0.1, 0.15) is 32.6 Å². The van der Waals surface area contributed by atoms with Gasteiger partial charge in [-0.1, -0.05) is 54.6 Å². The van der Waals surface area contributed by atoms with Gasteiger partial charge in [-0.25, -0.2) is 4.79 Å². The predicted octanol–water partition coefficient (Wildman–Crippen LogP) is 3.51. The maximum absolute atomic E-state index is 14.0. The lowest BCUT2D eigenvalue weighted by atomic mass is 10.1. The number of benzene rings is 3. The van der Waals surface area contributed by atoms with Crippen LogP contribution >= 0.6 is 24.8 Å². The van der Waals surface area contributed by atoms with Crippen molar-refractivity contribution < 1.29 is 19.1 Å². The zero-order valence-corrected chi connectivity index (χ0v) is 25.0. The van der Waals surface area contributed by atoms with Crippen molar-refractivity contribution in [3.8, 4) is 5.75 Å². The minimum atomic E-state index is -1.01. The summed E-state index contributed by atoms with van der Waals surface area (Å²) in [4.78, 5) is 42.0. The van der Waals surface area contributed by atoms with E-state index in [1.807, 2.05) is 42.5 Å². The Morgan fingerprint density at radius 1 is 1.05 bits per heavy atom. The molecule has 0 spiro atoms. The number of nitrogens with two attached hydrogens (primary N) is 1. The molecule has 0 aliphatic carbocycles. The largest absolute Gasteiger partial charge is 0.424 e. The van der Waals surface area contributed by atoms with E-state index in [-0.39, 0.29) is 49.1 Å². The van der Waals surface area contributed by atoms with E-state index >= 15 is 0 Å². The molecule has 10 nitrogen and oxygen atoms in total. The van der Waals surface area contributed by atoms with Crippen molar-refractivity contribution in [1.29, 1.82) is 5.41 Å². The summed E-state index contributed by atoms with van der Waals surface area (Å²) in [6.07, 6.45) is 2.26. The van der Waals surface area contributed by atoms with E-state index in [0.717, 1.165) is 23.7 Å². The lowest BCUT2D eigenvalue weighted by Gasteiger charge is -2.33. The first-order chi connectivity index (χ1) is 19.3. The number of nitrogens with zero attached hydrogens (tertiary/aromatic N) is 1. The number of anilines is 1. The topological polar surface area (TPSA) is 150 Å². The van der Waals surface area contributed by atoms with Gasteiger partial charge in [-0.15, -0.1) is 24.8 Å². The van der Waals surface area contributed by atoms with E-state index in [9.17, 15) is 14.4 Å². The number of nitrogens with one attached hydrogen (secondary N) is 4. The third-order valence-electron chi connectivity index (χ3n) is 6.89. The second-order valence-corrected chi connectivity index (χ2v) is 9.82. The molecular formula is C30H38Cl2N6O4. The molecule has 3 aromatic rings. The smallest absolute Gasteiger partial charge is 0.334 e. The van der Waals surface area contributed by atoms with E-state index < -0.39 is 24.0 Å². The highest BCUT2D eigenvalue weighted by Gasteiger charge is 2.36. The number of guanidine groups is 1. The monoisotopic (exact) mass is 616 g/mol. The lowest BCUT2D eigenvalue weighted by Crippen LogP contribution is -2.56. The molecule has 42 heavy (non-hydrogen) atoms. The summed E-state index contributed by atoms with van der Waals surface area (Å²) in [7, 11) is 0. The first-order valence-corrected chi connectivity index (χ1v) is 13.5. The van der Waals surface area contributed by atoms with Crippen molar-refractivity contribution >= 4 is 65.0 Å². The van der Waals surface area contributed by atoms with E-state index in [2.05, 4.69) is 16.0 Å². The highest BCUT2D eigenvalue weighted by Crippen LogP contribution is 2.28. The second-order valence-electron chi connectivity index (χ2n) is 9.82. The first-order valence-electron chi connectivity index (χ1n) is 13.5. The molecule has 12 heteroatoms. The van der Waals surface area contributed by atoms with Crippen LogP contribution in [-0.2, 0) is 14.4 Å². The highest BCUT2D eigenvalue weighted by atomic mass is 35.5. The van der Waals surface area contributed by atoms with Gasteiger partial charge in [0.1, 0.15) is 17.8 Å². The number of carbonyl (C=O) groups excluding carboxylic acids is 3. The summed E-state index contributed by atoms with van der Waals surface area (Å²) >= 11 is 0. The molecule has 1 aliphatic heterocycles. The molecule has 1 heterocycles. The number of hydrogen-bond acceptors (Lipinski definition) is 6. The van der Waals surface area contributed by atoms with Crippen molar-refractivity contribution in [3.63, 3.8) is 0 Å². The fourth-order valence-electron chi connectivity index (χ4n) is 4.87. The zero-order chi connectivity index (χ0) is 28.5. The molecule has 0 saturated carbocycles. The average molecular weight is 618 g/mol. The summed E-state index contributed by atoms with van der Waals surface area (Å²) in [5.74, 6) is -1.07.